The van der Waals surface area contributed by atoms with Crippen molar-refractivity contribution in [2.24, 2.45) is 5.92 Å². The standard InChI is InChI=1S/C22H29N3O/c1-15(2)19-7-5-6-17(4)21(19)24-22(26)20-9-8-18(14-23-20)25-12-10-16(3)11-13-25/h5-9,14-16H,10-13H2,1-4H3,(H,24,26). The fraction of sp³-hybridized carbons (Fsp3) is 0.455. The maximum atomic E-state index is 12.7. The van der Waals surface area contributed by atoms with Crippen molar-refractivity contribution >= 4 is 17.3 Å². The van der Waals surface area contributed by atoms with Crippen LogP contribution in [0.5, 0.6) is 0 Å². The van der Waals surface area contributed by atoms with E-state index in [1.807, 2.05) is 37.4 Å². The molecule has 0 bridgehead atoms. The first-order valence-corrected chi connectivity index (χ1v) is 9.57. The van der Waals surface area contributed by atoms with Gasteiger partial charge in [0.15, 0.2) is 0 Å². The molecule has 3 rings (SSSR count). The van der Waals surface area contributed by atoms with Crippen LogP contribution in [-0.2, 0) is 0 Å². The Kier molecular flexibility index (Phi) is 5.60. The number of rotatable bonds is 4. The molecular weight excluding hydrogens is 322 g/mol. The monoisotopic (exact) mass is 351 g/mol. The number of amides is 1. The second-order valence-corrected chi connectivity index (χ2v) is 7.72. The number of para-hydroxylation sites is 1. The summed E-state index contributed by atoms with van der Waals surface area (Å²) >= 11 is 0. The summed E-state index contributed by atoms with van der Waals surface area (Å²) in [5.74, 6) is 0.996. The van der Waals surface area contributed by atoms with E-state index in [1.54, 1.807) is 0 Å². The van der Waals surface area contributed by atoms with Gasteiger partial charge in [-0.05, 0) is 54.9 Å². The van der Waals surface area contributed by atoms with Crippen molar-refractivity contribution < 1.29 is 4.79 Å². The van der Waals surface area contributed by atoms with Crippen LogP contribution in [0.3, 0.4) is 0 Å². The molecule has 4 nitrogen and oxygen atoms in total. The third-order valence-electron chi connectivity index (χ3n) is 5.29. The molecule has 138 valence electrons. The third-order valence-corrected chi connectivity index (χ3v) is 5.29. The zero-order chi connectivity index (χ0) is 18.7. The Hall–Kier alpha value is -2.36. The number of pyridine rings is 1. The number of aromatic nitrogens is 1. The molecular formula is C22H29N3O. The molecule has 1 amide bonds. The number of aryl methyl sites for hydroxylation is 1. The van der Waals surface area contributed by atoms with E-state index in [4.69, 9.17) is 0 Å². The van der Waals surface area contributed by atoms with Gasteiger partial charge in [0.25, 0.3) is 5.91 Å². The summed E-state index contributed by atoms with van der Waals surface area (Å²) in [7, 11) is 0. The predicted molar refractivity (Wildman–Crippen MR) is 108 cm³/mol. The second kappa shape index (κ2) is 7.90. The summed E-state index contributed by atoms with van der Waals surface area (Å²) in [5.41, 5.74) is 4.69. The Balaban J connectivity index is 1.73. The molecule has 0 radical (unpaired) electrons. The van der Waals surface area contributed by atoms with Gasteiger partial charge < -0.3 is 10.2 Å². The van der Waals surface area contributed by atoms with Crippen LogP contribution in [-0.4, -0.2) is 24.0 Å². The van der Waals surface area contributed by atoms with Gasteiger partial charge in [-0.25, -0.2) is 4.98 Å². The molecule has 0 unspecified atom stereocenters. The van der Waals surface area contributed by atoms with E-state index in [0.717, 1.165) is 41.5 Å². The van der Waals surface area contributed by atoms with Crippen molar-refractivity contribution in [3.05, 3.63) is 53.3 Å². The van der Waals surface area contributed by atoms with E-state index < -0.39 is 0 Å². The first-order chi connectivity index (χ1) is 12.5. The molecule has 2 aromatic rings. The second-order valence-electron chi connectivity index (χ2n) is 7.72. The topological polar surface area (TPSA) is 45.2 Å². The van der Waals surface area contributed by atoms with Gasteiger partial charge in [-0.1, -0.05) is 39.0 Å². The Labute approximate surface area is 156 Å². The highest BCUT2D eigenvalue weighted by Crippen LogP contribution is 2.28. The molecule has 0 atom stereocenters. The average Bonchev–Trinajstić information content (AvgIpc) is 2.64. The molecule has 0 aliphatic carbocycles. The Bertz CT molecular complexity index is 759. The van der Waals surface area contributed by atoms with Gasteiger partial charge in [0.05, 0.1) is 11.9 Å². The lowest BCUT2D eigenvalue weighted by atomic mass is 9.98. The van der Waals surface area contributed by atoms with Gasteiger partial charge in [0.2, 0.25) is 0 Å². The minimum atomic E-state index is -0.153. The van der Waals surface area contributed by atoms with Gasteiger partial charge in [-0.2, -0.15) is 0 Å². The number of nitrogens with one attached hydrogen (secondary N) is 1. The van der Waals surface area contributed by atoms with Crippen molar-refractivity contribution in [1.82, 2.24) is 4.98 Å². The largest absolute Gasteiger partial charge is 0.370 e. The van der Waals surface area contributed by atoms with E-state index in [0.29, 0.717) is 11.6 Å². The van der Waals surface area contributed by atoms with Gasteiger partial charge in [-0.15, -0.1) is 0 Å². The van der Waals surface area contributed by atoms with E-state index in [2.05, 4.69) is 42.0 Å². The lowest BCUT2D eigenvalue weighted by Gasteiger charge is -2.31. The van der Waals surface area contributed by atoms with Crippen LogP contribution < -0.4 is 10.2 Å². The molecule has 1 aliphatic rings. The van der Waals surface area contributed by atoms with E-state index in [9.17, 15) is 4.79 Å². The number of piperidine rings is 1. The smallest absolute Gasteiger partial charge is 0.274 e. The van der Waals surface area contributed by atoms with Gasteiger partial charge >= 0.3 is 0 Å². The van der Waals surface area contributed by atoms with Crippen molar-refractivity contribution in [3.63, 3.8) is 0 Å². The molecule has 1 aromatic heterocycles. The number of nitrogens with zero attached hydrogens (tertiary/aromatic N) is 2. The summed E-state index contributed by atoms with van der Waals surface area (Å²) < 4.78 is 0. The van der Waals surface area contributed by atoms with E-state index >= 15 is 0 Å². The van der Waals surface area contributed by atoms with E-state index in [1.165, 1.54) is 12.8 Å². The van der Waals surface area contributed by atoms with Crippen molar-refractivity contribution in [2.45, 2.75) is 46.5 Å². The van der Waals surface area contributed by atoms with Crippen molar-refractivity contribution in [3.8, 4) is 0 Å². The molecule has 1 saturated heterocycles. The predicted octanol–water partition coefficient (Wildman–Crippen LogP) is 5.00. The molecule has 4 heteroatoms. The summed E-state index contributed by atoms with van der Waals surface area (Å²) in [4.78, 5) is 19.5. The van der Waals surface area contributed by atoms with Crippen LogP contribution in [0.15, 0.2) is 36.5 Å². The lowest BCUT2D eigenvalue weighted by molar-refractivity contribution is 0.102. The molecule has 1 N–H and O–H groups in total. The Morgan fingerprint density at radius 3 is 2.54 bits per heavy atom. The molecule has 1 aromatic carbocycles. The maximum absolute atomic E-state index is 12.7. The number of hydrogen-bond acceptors (Lipinski definition) is 3. The average molecular weight is 351 g/mol. The quantitative estimate of drug-likeness (QED) is 0.843. The van der Waals surface area contributed by atoms with Crippen molar-refractivity contribution in [1.29, 1.82) is 0 Å². The van der Waals surface area contributed by atoms with Crippen LogP contribution in [0.25, 0.3) is 0 Å². The Morgan fingerprint density at radius 1 is 1.19 bits per heavy atom. The van der Waals surface area contributed by atoms with Crippen LogP contribution in [0.2, 0.25) is 0 Å². The minimum Gasteiger partial charge on any atom is -0.370 e. The van der Waals surface area contributed by atoms with Gasteiger partial charge in [-0.3, -0.25) is 4.79 Å². The zero-order valence-corrected chi connectivity index (χ0v) is 16.2. The van der Waals surface area contributed by atoms with Crippen LogP contribution in [0, 0.1) is 12.8 Å². The van der Waals surface area contributed by atoms with Gasteiger partial charge in [0, 0.05) is 18.8 Å². The summed E-state index contributed by atoms with van der Waals surface area (Å²) in [5, 5.41) is 3.07. The number of benzene rings is 1. The third kappa shape index (κ3) is 4.06. The van der Waals surface area contributed by atoms with Crippen LogP contribution in [0.4, 0.5) is 11.4 Å². The Morgan fingerprint density at radius 2 is 1.92 bits per heavy atom. The molecule has 0 saturated carbocycles. The number of anilines is 2. The molecule has 0 spiro atoms. The fourth-order valence-corrected chi connectivity index (χ4v) is 3.49. The van der Waals surface area contributed by atoms with E-state index in [-0.39, 0.29) is 5.91 Å². The number of hydrogen-bond donors (Lipinski definition) is 1. The summed E-state index contributed by atoms with van der Waals surface area (Å²) in [6, 6.07) is 9.97. The highest BCUT2D eigenvalue weighted by molar-refractivity contribution is 6.03. The summed E-state index contributed by atoms with van der Waals surface area (Å²) in [6.45, 7) is 10.7. The first kappa shape index (κ1) is 18.4. The zero-order valence-electron chi connectivity index (χ0n) is 16.2. The molecule has 1 aliphatic heterocycles. The SMILES string of the molecule is Cc1cccc(C(C)C)c1NC(=O)c1ccc(N2CCC(C)CC2)cn1. The molecule has 26 heavy (non-hydrogen) atoms. The lowest BCUT2D eigenvalue weighted by Crippen LogP contribution is -2.32. The normalized spacial score (nSPS) is 15.3. The van der Waals surface area contributed by atoms with Crippen LogP contribution >= 0.6 is 0 Å². The summed E-state index contributed by atoms with van der Waals surface area (Å²) in [6.07, 6.45) is 4.26. The number of carbonyl (C=O) groups is 1. The fourth-order valence-electron chi connectivity index (χ4n) is 3.49. The number of carbonyl (C=O) groups excluding carboxylic acids is 1. The molecule has 2 heterocycles. The highest BCUT2D eigenvalue weighted by atomic mass is 16.1. The van der Waals surface area contributed by atoms with Crippen molar-refractivity contribution in [2.75, 3.05) is 23.3 Å². The maximum Gasteiger partial charge on any atom is 0.274 e. The molecule has 1 fully saturated rings. The van der Waals surface area contributed by atoms with Crippen LogP contribution in [0.1, 0.15) is 61.1 Å². The first-order valence-electron chi connectivity index (χ1n) is 9.57. The minimum absolute atomic E-state index is 0.153. The highest BCUT2D eigenvalue weighted by Gasteiger charge is 2.18. The van der Waals surface area contributed by atoms with Gasteiger partial charge in [0.1, 0.15) is 5.69 Å².